The van der Waals surface area contributed by atoms with Gasteiger partial charge in [-0.2, -0.15) is 0 Å². The molecule has 0 aromatic heterocycles. The molecule has 1 unspecified atom stereocenters. The molecule has 6 nitrogen and oxygen atoms in total. The van der Waals surface area contributed by atoms with Crippen LogP contribution < -0.4 is 15.4 Å². The predicted octanol–water partition coefficient (Wildman–Crippen LogP) is 0.458. The van der Waals surface area contributed by atoms with E-state index in [1.807, 2.05) is 6.92 Å². The molecule has 0 saturated carbocycles. The fourth-order valence-corrected chi connectivity index (χ4v) is 2.75. The van der Waals surface area contributed by atoms with Gasteiger partial charge in [0.2, 0.25) is 10.0 Å². The Kier molecular flexibility index (Phi) is 4.29. The minimum absolute atomic E-state index is 0.0918. The minimum atomic E-state index is -3.42. The first-order chi connectivity index (χ1) is 9.35. The van der Waals surface area contributed by atoms with Gasteiger partial charge >= 0.3 is 0 Å². The summed E-state index contributed by atoms with van der Waals surface area (Å²) in [5.41, 5.74) is 1.56. The highest BCUT2D eigenvalue weighted by Gasteiger charge is 2.20. The van der Waals surface area contributed by atoms with E-state index in [2.05, 4.69) is 15.4 Å². The molecule has 1 amide bonds. The van der Waals surface area contributed by atoms with Gasteiger partial charge in [-0.15, -0.1) is 0 Å². The Morgan fingerprint density at radius 3 is 2.75 bits per heavy atom. The Balaban J connectivity index is 2.23. The van der Waals surface area contributed by atoms with Gasteiger partial charge in [0.05, 0.1) is 17.5 Å². The Morgan fingerprint density at radius 1 is 1.40 bits per heavy atom. The van der Waals surface area contributed by atoms with Crippen LogP contribution in [0.5, 0.6) is 0 Å². The highest BCUT2D eigenvalue weighted by atomic mass is 32.2. The van der Waals surface area contributed by atoms with E-state index in [9.17, 15) is 13.2 Å². The third-order valence-electron chi connectivity index (χ3n) is 3.11. The molecular weight excluding hydrogens is 278 g/mol. The summed E-state index contributed by atoms with van der Waals surface area (Å²) in [5.74, 6) is -0.256. The summed E-state index contributed by atoms with van der Waals surface area (Å²) < 4.78 is 25.1. The number of sulfonamides is 1. The van der Waals surface area contributed by atoms with Gasteiger partial charge in [-0.05, 0) is 32.0 Å². The molecule has 1 heterocycles. The number of amides is 1. The van der Waals surface area contributed by atoms with Crippen molar-refractivity contribution in [3.05, 3.63) is 29.3 Å². The van der Waals surface area contributed by atoms with Crippen LogP contribution in [0, 0.1) is 6.92 Å². The van der Waals surface area contributed by atoms with E-state index in [0.29, 0.717) is 11.3 Å². The third kappa shape index (κ3) is 3.94. The molecule has 1 saturated heterocycles. The van der Waals surface area contributed by atoms with Crippen LogP contribution in [0.1, 0.15) is 22.3 Å². The van der Waals surface area contributed by atoms with Crippen LogP contribution in [0.25, 0.3) is 0 Å². The van der Waals surface area contributed by atoms with Crippen molar-refractivity contribution in [2.75, 3.05) is 24.1 Å². The molecule has 110 valence electrons. The highest BCUT2D eigenvalue weighted by Crippen LogP contribution is 2.19. The second kappa shape index (κ2) is 5.80. The lowest BCUT2D eigenvalue weighted by atomic mass is 10.1. The molecule has 1 fully saturated rings. The van der Waals surface area contributed by atoms with Crippen LogP contribution in [-0.2, 0) is 10.0 Å². The zero-order valence-corrected chi connectivity index (χ0v) is 12.4. The van der Waals surface area contributed by atoms with Gasteiger partial charge in [0.15, 0.2) is 0 Å². The van der Waals surface area contributed by atoms with Gasteiger partial charge in [-0.3, -0.25) is 9.52 Å². The molecule has 1 atom stereocenters. The zero-order valence-electron chi connectivity index (χ0n) is 11.6. The molecule has 2 rings (SSSR count). The molecule has 7 heteroatoms. The van der Waals surface area contributed by atoms with Crippen molar-refractivity contribution < 1.29 is 13.2 Å². The molecule has 0 radical (unpaired) electrons. The monoisotopic (exact) mass is 297 g/mol. The van der Waals surface area contributed by atoms with Crippen molar-refractivity contribution in [3.8, 4) is 0 Å². The van der Waals surface area contributed by atoms with Gasteiger partial charge in [-0.25, -0.2) is 8.42 Å². The number of carbonyl (C=O) groups excluding carboxylic acids is 1. The van der Waals surface area contributed by atoms with Crippen molar-refractivity contribution in [2.45, 2.75) is 19.4 Å². The minimum Gasteiger partial charge on any atom is -0.348 e. The van der Waals surface area contributed by atoms with Crippen molar-refractivity contribution in [2.24, 2.45) is 0 Å². The maximum Gasteiger partial charge on any atom is 0.253 e. The van der Waals surface area contributed by atoms with Crippen LogP contribution in [0.3, 0.4) is 0 Å². The fraction of sp³-hybridized carbons (Fsp3) is 0.462. The first-order valence-electron chi connectivity index (χ1n) is 6.45. The van der Waals surface area contributed by atoms with E-state index in [1.54, 1.807) is 18.2 Å². The van der Waals surface area contributed by atoms with Gasteiger partial charge in [0, 0.05) is 12.6 Å². The summed E-state index contributed by atoms with van der Waals surface area (Å²) in [6, 6.07) is 5.15. The largest absolute Gasteiger partial charge is 0.348 e. The summed E-state index contributed by atoms with van der Waals surface area (Å²) in [6.45, 7) is 3.48. The van der Waals surface area contributed by atoms with E-state index in [0.717, 1.165) is 31.3 Å². The Morgan fingerprint density at radius 2 is 2.15 bits per heavy atom. The second-order valence-electron chi connectivity index (χ2n) is 5.09. The summed E-state index contributed by atoms with van der Waals surface area (Å²) in [6.07, 6.45) is 1.95. The molecule has 1 aliphatic rings. The first-order valence-corrected chi connectivity index (χ1v) is 8.34. The predicted molar refractivity (Wildman–Crippen MR) is 78.4 cm³/mol. The number of hydrogen-bond donors (Lipinski definition) is 3. The quantitative estimate of drug-likeness (QED) is 0.753. The van der Waals surface area contributed by atoms with Crippen LogP contribution >= 0.6 is 0 Å². The summed E-state index contributed by atoms with van der Waals surface area (Å²) >= 11 is 0. The van der Waals surface area contributed by atoms with Crippen LogP contribution in [-0.4, -0.2) is 39.7 Å². The molecule has 3 N–H and O–H groups in total. The molecule has 0 bridgehead atoms. The molecule has 1 aliphatic heterocycles. The highest BCUT2D eigenvalue weighted by molar-refractivity contribution is 7.92. The molecule has 20 heavy (non-hydrogen) atoms. The molecule has 1 aromatic carbocycles. The average Bonchev–Trinajstić information content (AvgIpc) is 2.82. The normalized spacial score (nSPS) is 18.8. The van der Waals surface area contributed by atoms with Gasteiger partial charge in [0.1, 0.15) is 0 Å². The van der Waals surface area contributed by atoms with Gasteiger partial charge in [0.25, 0.3) is 5.91 Å². The first kappa shape index (κ1) is 14.8. The molecule has 0 spiro atoms. The lowest BCUT2D eigenvalue weighted by Gasteiger charge is -2.15. The van der Waals surface area contributed by atoms with E-state index >= 15 is 0 Å². The zero-order chi connectivity index (χ0) is 14.8. The molecular formula is C13H19N3O3S. The van der Waals surface area contributed by atoms with Crippen molar-refractivity contribution >= 4 is 21.6 Å². The Labute approximate surface area is 119 Å². The summed E-state index contributed by atoms with van der Waals surface area (Å²) in [7, 11) is -3.42. The van der Waals surface area contributed by atoms with Crippen LogP contribution in [0.4, 0.5) is 5.69 Å². The number of aryl methyl sites for hydroxylation is 1. The maximum atomic E-state index is 12.3. The average molecular weight is 297 g/mol. The Hall–Kier alpha value is -1.60. The SMILES string of the molecule is Cc1ccc(NS(C)(=O)=O)c(C(=O)NC2CCNC2)c1. The fourth-order valence-electron chi connectivity index (χ4n) is 2.18. The van der Waals surface area contributed by atoms with E-state index in [1.165, 1.54) is 0 Å². The Bertz CT molecular complexity index is 607. The van der Waals surface area contributed by atoms with Crippen LogP contribution in [0.15, 0.2) is 18.2 Å². The van der Waals surface area contributed by atoms with Crippen LogP contribution in [0.2, 0.25) is 0 Å². The number of rotatable bonds is 4. The maximum absolute atomic E-state index is 12.3. The molecule has 0 aliphatic carbocycles. The lowest BCUT2D eigenvalue weighted by Crippen LogP contribution is -2.36. The number of hydrogen-bond acceptors (Lipinski definition) is 4. The van der Waals surface area contributed by atoms with Gasteiger partial charge < -0.3 is 10.6 Å². The van der Waals surface area contributed by atoms with Crippen molar-refractivity contribution in [1.82, 2.24) is 10.6 Å². The van der Waals surface area contributed by atoms with E-state index in [4.69, 9.17) is 0 Å². The smallest absolute Gasteiger partial charge is 0.253 e. The van der Waals surface area contributed by atoms with Crippen molar-refractivity contribution in [1.29, 1.82) is 0 Å². The number of nitrogens with one attached hydrogen (secondary N) is 3. The topological polar surface area (TPSA) is 87.3 Å². The second-order valence-corrected chi connectivity index (χ2v) is 6.83. The molecule has 1 aromatic rings. The van der Waals surface area contributed by atoms with Gasteiger partial charge in [-0.1, -0.05) is 11.6 Å². The number of anilines is 1. The van der Waals surface area contributed by atoms with Crippen molar-refractivity contribution in [3.63, 3.8) is 0 Å². The number of carbonyl (C=O) groups is 1. The summed E-state index contributed by atoms with van der Waals surface area (Å²) in [4.78, 5) is 12.3. The van der Waals surface area contributed by atoms with E-state index in [-0.39, 0.29) is 11.9 Å². The summed E-state index contributed by atoms with van der Waals surface area (Å²) in [5, 5.41) is 6.08. The number of benzene rings is 1. The third-order valence-corrected chi connectivity index (χ3v) is 3.70. The van der Waals surface area contributed by atoms with E-state index < -0.39 is 10.0 Å². The lowest BCUT2D eigenvalue weighted by molar-refractivity contribution is 0.0941. The standard InChI is InChI=1S/C13H19N3O3S/c1-9-3-4-12(16-20(2,18)19)11(7-9)13(17)15-10-5-6-14-8-10/h3-4,7,10,14,16H,5-6,8H2,1-2H3,(H,15,17).